The Kier molecular flexibility index (Phi) is 4.08. The van der Waals surface area contributed by atoms with Gasteiger partial charge in [0.15, 0.2) is 0 Å². The molecule has 0 amide bonds. The fourth-order valence-electron chi connectivity index (χ4n) is 2.09. The fraction of sp³-hybridized carbons (Fsp3) is 0.375. The van der Waals surface area contributed by atoms with Gasteiger partial charge in [-0.1, -0.05) is 32.4 Å². The summed E-state index contributed by atoms with van der Waals surface area (Å²) in [6.45, 7) is 6.19. The molecule has 2 aromatic rings. The van der Waals surface area contributed by atoms with Gasteiger partial charge in [-0.2, -0.15) is 10.4 Å². The number of aromatic nitrogens is 2. The summed E-state index contributed by atoms with van der Waals surface area (Å²) in [5.74, 6) is 0. The van der Waals surface area contributed by atoms with Crippen LogP contribution in [0, 0.1) is 11.3 Å². The third-order valence-electron chi connectivity index (χ3n) is 3.38. The number of aliphatic hydroxyl groups excluding tert-OH is 1. The summed E-state index contributed by atoms with van der Waals surface area (Å²) in [6, 6.07) is 8.79. The lowest BCUT2D eigenvalue weighted by atomic mass is 9.91. The van der Waals surface area contributed by atoms with Crippen LogP contribution in [0.25, 0.3) is 0 Å². The predicted octanol–water partition coefficient (Wildman–Crippen LogP) is 3.32. The normalized spacial score (nSPS) is 13.0. The minimum absolute atomic E-state index is 0.103. The first-order chi connectivity index (χ1) is 9.74. The maximum absolute atomic E-state index is 10.6. The lowest BCUT2D eigenvalue weighted by molar-refractivity contribution is 0.210. The Balaban J connectivity index is 2.48. The molecule has 1 heterocycles. The Labute approximate surface area is 129 Å². The molecule has 2 rings (SSSR count). The Morgan fingerprint density at radius 2 is 2.00 bits per heavy atom. The van der Waals surface area contributed by atoms with E-state index in [0.29, 0.717) is 21.8 Å². The van der Waals surface area contributed by atoms with Crippen LogP contribution in [-0.4, -0.2) is 14.9 Å². The molecule has 1 aromatic heterocycles. The molecule has 0 radical (unpaired) electrons. The molecule has 4 nitrogen and oxygen atoms in total. The van der Waals surface area contributed by atoms with E-state index >= 15 is 0 Å². The summed E-state index contributed by atoms with van der Waals surface area (Å²) in [7, 11) is 1.79. The quantitative estimate of drug-likeness (QED) is 0.925. The number of aliphatic hydroxyl groups is 1. The third-order valence-corrected chi connectivity index (χ3v) is 3.73. The molecule has 21 heavy (non-hydrogen) atoms. The van der Waals surface area contributed by atoms with Crippen molar-refractivity contribution in [3.05, 3.63) is 51.8 Å². The van der Waals surface area contributed by atoms with Crippen molar-refractivity contribution in [1.29, 1.82) is 5.26 Å². The lowest BCUT2D eigenvalue weighted by Gasteiger charge is -2.14. The first kappa shape index (κ1) is 15.6. The number of benzene rings is 1. The van der Waals surface area contributed by atoms with Gasteiger partial charge in [0, 0.05) is 23.0 Å². The molecule has 1 N–H and O–H groups in total. The average molecular weight is 304 g/mol. The van der Waals surface area contributed by atoms with Crippen LogP contribution in [0.4, 0.5) is 0 Å². The molecule has 1 aromatic carbocycles. The van der Waals surface area contributed by atoms with Crippen LogP contribution in [0.1, 0.15) is 49.4 Å². The topological polar surface area (TPSA) is 61.8 Å². The van der Waals surface area contributed by atoms with Gasteiger partial charge in [-0.25, -0.2) is 0 Å². The van der Waals surface area contributed by atoms with E-state index < -0.39 is 6.10 Å². The molecule has 0 fully saturated rings. The van der Waals surface area contributed by atoms with Gasteiger partial charge in [0.05, 0.1) is 23.0 Å². The van der Waals surface area contributed by atoms with Crippen molar-refractivity contribution in [3.8, 4) is 6.07 Å². The van der Waals surface area contributed by atoms with Gasteiger partial charge >= 0.3 is 0 Å². The third kappa shape index (κ3) is 3.10. The molecule has 0 bridgehead atoms. The molecule has 0 spiro atoms. The van der Waals surface area contributed by atoms with Crippen molar-refractivity contribution in [3.63, 3.8) is 0 Å². The van der Waals surface area contributed by atoms with Gasteiger partial charge in [-0.15, -0.1) is 0 Å². The van der Waals surface area contributed by atoms with Crippen LogP contribution in [0.15, 0.2) is 24.3 Å². The van der Waals surface area contributed by atoms with Crippen LogP contribution >= 0.6 is 11.6 Å². The lowest BCUT2D eigenvalue weighted by Crippen LogP contribution is -2.12. The summed E-state index contributed by atoms with van der Waals surface area (Å²) in [6.07, 6.45) is -0.917. The van der Waals surface area contributed by atoms with Gasteiger partial charge in [0.25, 0.3) is 0 Å². The van der Waals surface area contributed by atoms with Crippen LogP contribution in [0.2, 0.25) is 5.02 Å². The van der Waals surface area contributed by atoms with Crippen LogP contribution in [-0.2, 0) is 12.5 Å². The van der Waals surface area contributed by atoms with Crippen molar-refractivity contribution in [2.75, 3.05) is 0 Å². The van der Waals surface area contributed by atoms with Crippen molar-refractivity contribution in [2.45, 2.75) is 32.3 Å². The minimum Gasteiger partial charge on any atom is -0.382 e. The molecule has 0 aliphatic rings. The zero-order chi connectivity index (χ0) is 15.8. The Hall–Kier alpha value is -1.83. The molecule has 1 unspecified atom stereocenters. The summed E-state index contributed by atoms with van der Waals surface area (Å²) in [5.41, 5.74) is 2.42. The van der Waals surface area contributed by atoms with Gasteiger partial charge in [0.2, 0.25) is 0 Å². The van der Waals surface area contributed by atoms with E-state index in [-0.39, 0.29) is 5.41 Å². The van der Waals surface area contributed by atoms with E-state index in [1.165, 1.54) is 0 Å². The largest absolute Gasteiger partial charge is 0.382 e. The zero-order valence-corrected chi connectivity index (χ0v) is 13.3. The van der Waals surface area contributed by atoms with Gasteiger partial charge in [-0.05, 0) is 24.3 Å². The number of aryl methyl sites for hydroxylation is 1. The van der Waals surface area contributed by atoms with Gasteiger partial charge in [-0.3, -0.25) is 4.68 Å². The van der Waals surface area contributed by atoms with Gasteiger partial charge < -0.3 is 5.11 Å². The van der Waals surface area contributed by atoms with Crippen molar-refractivity contribution < 1.29 is 5.11 Å². The Morgan fingerprint density at radius 1 is 1.33 bits per heavy atom. The molecule has 5 heteroatoms. The molecule has 110 valence electrons. The monoisotopic (exact) mass is 303 g/mol. The number of rotatable bonds is 2. The second kappa shape index (κ2) is 5.51. The summed E-state index contributed by atoms with van der Waals surface area (Å²) < 4.78 is 1.65. The number of nitrogens with zero attached hydrogens (tertiary/aromatic N) is 3. The van der Waals surface area contributed by atoms with Crippen LogP contribution < -0.4 is 0 Å². The highest BCUT2D eigenvalue weighted by molar-refractivity contribution is 6.31. The number of hydrogen-bond donors (Lipinski definition) is 1. The molecular formula is C16H18ClN3O. The van der Waals surface area contributed by atoms with Crippen LogP contribution in [0.5, 0.6) is 0 Å². The molecule has 1 atom stereocenters. The second-order valence-electron chi connectivity index (χ2n) is 6.08. The standard InChI is InChI=1S/C16H18ClN3O/c1-16(2,3)14-8-13(20(4)19-14)15(21)11-7-10(9-18)5-6-12(11)17/h5-8,15,21H,1-4H3. The second-order valence-corrected chi connectivity index (χ2v) is 6.49. The molecule has 0 aliphatic heterocycles. The highest BCUT2D eigenvalue weighted by Gasteiger charge is 2.24. The van der Waals surface area contributed by atoms with Crippen molar-refractivity contribution >= 4 is 11.6 Å². The van der Waals surface area contributed by atoms with E-state index in [2.05, 4.69) is 31.9 Å². The van der Waals surface area contributed by atoms with E-state index in [1.54, 1.807) is 29.9 Å². The zero-order valence-electron chi connectivity index (χ0n) is 12.6. The van der Waals surface area contributed by atoms with E-state index in [9.17, 15) is 5.11 Å². The maximum atomic E-state index is 10.6. The van der Waals surface area contributed by atoms with E-state index in [4.69, 9.17) is 16.9 Å². The highest BCUT2D eigenvalue weighted by Crippen LogP contribution is 2.31. The first-order valence-corrected chi connectivity index (χ1v) is 7.04. The van der Waals surface area contributed by atoms with Crippen molar-refractivity contribution in [1.82, 2.24) is 9.78 Å². The molecular weight excluding hydrogens is 286 g/mol. The maximum Gasteiger partial charge on any atom is 0.122 e. The summed E-state index contributed by atoms with van der Waals surface area (Å²) in [5, 5.41) is 24.5. The highest BCUT2D eigenvalue weighted by atomic mass is 35.5. The average Bonchev–Trinajstić information content (AvgIpc) is 2.80. The SMILES string of the molecule is Cn1nc(C(C)(C)C)cc1C(O)c1cc(C#N)ccc1Cl. The first-order valence-electron chi connectivity index (χ1n) is 6.66. The minimum atomic E-state index is -0.917. The van der Waals surface area contributed by atoms with Crippen LogP contribution in [0.3, 0.4) is 0 Å². The summed E-state index contributed by atoms with van der Waals surface area (Å²) in [4.78, 5) is 0. The number of hydrogen-bond acceptors (Lipinski definition) is 3. The summed E-state index contributed by atoms with van der Waals surface area (Å²) >= 11 is 6.15. The molecule has 0 saturated heterocycles. The van der Waals surface area contributed by atoms with E-state index in [1.807, 2.05) is 6.07 Å². The number of halogens is 1. The van der Waals surface area contributed by atoms with Gasteiger partial charge in [0.1, 0.15) is 6.10 Å². The molecule has 0 aliphatic carbocycles. The predicted molar refractivity (Wildman–Crippen MR) is 82.1 cm³/mol. The van der Waals surface area contributed by atoms with Crippen molar-refractivity contribution in [2.24, 2.45) is 7.05 Å². The molecule has 0 saturated carbocycles. The Morgan fingerprint density at radius 3 is 2.52 bits per heavy atom. The smallest absolute Gasteiger partial charge is 0.122 e. The fourth-order valence-corrected chi connectivity index (χ4v) is 2.31. The van der Waals surface area contributed by atoms with E-state index in [0.717, 1.165) is 5.69 Å². The Bertz CT molecular complexity index is 707. The number of nitriles is 1.